The second kappa shape index (κ2) is 11.5. The molecule has 0 unspecified atom stereocenters. The highest BCUT2D eigenvalue weighted by atomic mass is 14.2. The number of aryl methyl sites for hydroxylation is 7. The van der Waals surface area contributed by atoms with E-state index in [9.17, 15) is 0 Å². The maximum Gasteiger partial charge on any atom is -0.00200 e. The molecule has 4 aromatic carbocycles. The molecule has 0 N–H and O–H groups in total. The van der Waals surface area contributed by atoms with Crippen molar-refractivity contribution in [1.29, 1.82) is 0 Å². The first-order valence-electron chi connectivity index (χ1n) is 13.4. The van der Waals surface area contributed by atoms with Crippen LogP contribution in [-0.2, 0) is 38.5 Å². The van der Waals surface area contributed by atoms with E-state index in [1.54, 1.807) is 22.3 Å². The molecule has 0 heteroatoms. The molecule has 0 fully saturated rings. The van der Waals surface area contributed by atoms with E-state index in [-0.39, 0.29) is 0 Å². The Balaban J connectivity index is 0.000000125. The Morgan fingerprint density at radius 3 is 1.09 bits per heavy atom. The van der Waals surface area contributed by atoms with Gasteiger partial charge in [0.05, 0.1) is 0 Å². The van der Waals surface area contributed by atoms with Crippen LogP contribution in [0.15, 0.2) is 78.9 Å². The van der Waals surface area contributed by atoms with E-state index in [2.05, 4.69) is 99.6 Å². The number of benzene rings is 4. The highest BCUT2D eigenvalue weighted by Crippen LogP contribution is 2.27. The van der Waals surface area contributed by atoms with Gasteiger partial charge < -0.3 is 0 Å². The quantitative estimate of drug-likeness (QED) is 0.217. The van der Waals surface area contributed by atoms with Crippen molar-refractivity contribution in [3.8, 4) is 0 Å². The van der Waals surface area contributed by atoms with Crippen molar-refractivity contribution in [1.82, 2.24) is 0 Å². The third-order valence-electron chi connectivity index (χ3n) is 7.29. The Morgan fingerprint density at radius 2 is 0.714 bits per heavy atom. The summed E-state index contributed by atoms with van der Waals surface area (Å²) in [6.07, 6.45) is 7.41. The zero-order valence-corrected chi connectivity index (χ0v) is 22.2. The van der Waals surface area contributed by atoms with Crippen molar-refractivity contribution >= 4 is 0 Å². The zero-order valence-electron chi connectivity index (χ0n) is 22.2. The van der Waals surface area contributed by atoms with Crippen LogP contribution in [0.25, 0.3) is 0 Å². The third kappa shape index (κ3) is 6.12. The average Bonchev–Trinajstić information content (AvgIpc) is 2.84. The van der Waals surface area contributed by atoms with E-state index in [1.165, 1.54) is 64.6 Å². The fourth-order valence-electron chi connectivity index (χ4n) is 5.05. The number of fused-ring (bicyclic) bond motifs is 4. The molecule has 0 amide bonds. The lowest BCUT2D eigenvalue weighted by molar-refractivity contribution is 0.837. The van der Waals surface area contributed by atoms with Crippen LogP contribution in [0, 0.1) is 20.8 Å². The number of hydrogen-bond donors (Lipinski definition) is 0. The molecule has 7 rings (SSSR count). The van der Waals surface area contributed by atoms with Gasteiger partial charge >= 0.3 is 0 Å². The first kappa shape index (κ1) is 25.0. The minimum absolute atomic E-state index is 1.10. The van der Waals surface area contributed by atoms with Gasteiger partial charge in [0.25, 0.3) is 0 Å². The highest BCUT2D eigenvalue weighted by molar-refractivity contribution is 5.46. The lowest BCUT2D eigenvalue weighted by Gasteiger charge is -2.19. The minimum atomic E-state index is 1.10. The van der Waals surface area contributed by atoms with E-state index in [0.29, 0.717) is 0 Å². The first-order valence-corrected chi connectivity index (χ1v) is 13.4. The fraction of sp³-hybridized carbons (Fsp3) is 0.314. The van der Waals surface area contributed by atoms with Crippen molar-refractivity contribution in [2.75, 3.05) is 0 Å². The number of rotatable bonds is 0. The van der Waals surface area contributed by atoms with Crippen LogP contribution in [-0.4, -0.2) is 0 Å². The molecule has 0 saturated carbocycles. The van der Waals surface area contributed by atoms with E-state index in [0.717, 1.165) is 12.8 Å². The Morgan fingerprint density at radius 1 is 0.371 bits per heavy atom. The van der Waals surface area contributed by atoms with Crippen LogP contribution >= 0.6 is 0 Å². The van der Waals surface area contributed by atoms with Gasteiger partial charge in [0.1, 0.15) is 0 Å². The van der Waals surface area contributed by atoms with Gasteiger partial charge in [-0.05, 0) is 104 Å². The van der Waals surface area contributed by atoms with Crippen molar-refractivity contribution in [2.24, 2.45) is 0 Å². The van der Waals surface area contributed by atoms with Crippen LogP contribution in [0.1, 0.15) is 75.0 Å². The van der Waals surface area contributed by atoms with Crippen molar-refractivity contribution < 1.29 is 0 Å². The summed E-state index contributed by atoms with van der Waals surface area (Å²) in [6, 6.07) is 29.0. The highest BCUT2D eigenvalue weighted by Gasteiger charge is 2.14. The van der Waals surface area contributed by atoms with Crippen molar-refractivity contribution in [3.05, 3.63) is 140 Å². The van der Waals surface area contributed by atoms with Crippen LogP contribution in [0.2, 0.25) is 0 Å². The molecule has 3 aliphatic carbocycles. The van der Waals surface area contributed by atoms with Crippen LogP contribution in [0.3, 0.4) is 0 Å². The van der Waals surface area contributed by atoms with E-state index in [4.69, 9.17) is 0 Å². The molecule has 3 aliphatic rings. The van der Waals surface area contributed by atoms with Crippen LogP contribution < -0.4 is 0 Å². The van der Waals surface area contributed by atoms with Crippen LogP contribution in [0.5, 0.6) is 0 Å². The Hall–Kier alpha value is -3.12. The molecule has 0 atom stereocenters. The first-order chi connectivity index (χ1) is 17.0. The van der Waals surface area contributed by atoms with Gasteiger partial charge in [-0.1, -0.05) is 109 Å². The second-order valence-corrected chi connectivity index (χ2v) is 9.94. The molecule has 0 spiro atoms. The Labute approximate surface area is 213 Å². The summed E-state index contributed by atoms with van der Waals surface area (Å²) in [6.45, 7) is 10.5. The van der Waals surface area contributed by atoms with E-state index < -0.39 is 0 Å². The fourth-order valence-corrected chi connectivity index (χ4v) is 5.05. The zero-order chi connectivity index (χ0) is 24.8. The van der Waals surface area contributed by atoms with E-state index in [1.807, 2.05) is 13.8 Å². The monoisotopic (exact) mass is 460 g/mol. The lowest BCUT2D eigenvalue weighted by Crippen LogP contribution is -2.07. The summed E-state index contributed by atoms with van der Waals surface area (Å²) in [7, 11) is 0. The maximum absolute atomic E-state index is 2.32. The largest absolute Gasteiger partial charge is 0.0683 e. The SMILES string of the molecule is CC.Cc1ccc2c(c1)CC2.Cc1ccc2c(c1)CC2.Cc1ccc2c(c1)Cc1ccccc1C2. The maximum atomic E-state index is 2.32. The lowest BCUT2D eigenvalue weighted by atomic mass is 9.85. The normalized spacial score (nSPS) is 13.2. The predicted octanol–water partition coefficient (Wildman–Crippen LogP) is 8.70. The molecule has 0 aromatic heterocycles. The molecule has 0 radical (unpaired) electrons. The molecule has 0 heterocycles. The number of hydrogen-bond acceptors (Lipinski definition) is 0. The van der Waals surface area contributed by atoms with Gasteiger partial charge in [0.15, 0.2) is 0 Å². The summed E-state index contributed by atoms with van der Waals surface area (Å²) in [5.74, 6) is 0. The third-order valence-corrected chi connectivity index (χ3v) is 7.29. The molecule has 0 bridgehead atoms. The summed E-state index contributed by atoms with van der Waals surface area (Å²) < 4.78 is 0. The molecule has 4 aromatic rings. The second-order valence-electron chi connectivity index (χ2n) is 9.94. The molecule has 35 heavy (non-hydrogen) atoms. The summed E-state index contributed by atoms with van der Waals surface area (Å²) in [5.41, 5.74) is 16.4. The van der Waals surface area contributed by atoms with Crippen molar-refractivity contribution in [2.45, 2.75) is 73.1 Å². The van der Waals surface area contributed by atoms with Gasteiger partial charge in [-0.25, -0.2) is 0 Å². The van der Waals surface area contributed by atoms with Gasteiger partial charge in [-0.15, -0.1) is 0 Å². The van der Waals surface area contributed by atoms with Gasteiger partial charge in [-0.3, -0.25) is 0 Å². The summed E-state index contributed by atoms with van der Waals surface area (Å²) in [4.78, 5) is 0. The molecule has 180 valence electrons. The van der Waals surface area contributed by atoms with Crippen molar-refractivity contribution in [3.63, 3.8) is 0 Å². The molecule has 0 aliphatic heterocycles. The topological polar surface area (TPSA) is 0 Å². The molecule has 0 nitrogen and oxygen atoms in total. The Kier molecular flexibility index (Phi) is 8.24. The average molecular weight is 461 g/mol. The van der Waals surface area contributed by atoms with Gasteiger partial charge in [-0.2, -0.15) is 0 Å². The minimum Gasteiger partial charge on any atom is -0.0683 e. The van der Waals surface area contributed by atoms with E-state index >= 15 is 0 Å². The smallest absolute Gasteiger partial charge is 0.00200 e. The predicted molar refractivity (Wildman–Crippen MR) is 152 cm³/mol. The summed E-state index contributed by atoms with van der Waals surface area (Å²) >= 11 is 0. The van der Waals surface area contributed by atoms with Crippen LogP contribution in [0.4, 0.5) is 0 Å². The standard InChI is InChI=1S/C15H14.2C9H10.C2H6/c1-11-6-7-14-9-12-4-2-3-5-13(12)10-15(14)8-11;2*1-7-2-3-8-4-5-9(8)6-7;1-2/h2-8H,9-10H2,1H3;2*2-3,6H,4-5H2,1H3;1-2H3. The molecular weight excluding hydrogens is 420 g/mol. The molecule has 0 saturated heterocycles. The molecular formula is C35H40. The Bertz CT molecular complexity index is 1240. The van der Waals surface area contributed by atoms with Gasteiger partial charge in [0, 0.05) is 0 Å². The summed E-state index contributed by atoms with van der Waals surface area (Å²) in [5, 5.41) is 0. The van der Waals surface area contributed by atoms with Gasteiger partial charge in [0.2, 0.25) is 0 Å².